The molecule has 3 aromatic rings. The first-order valence-corrected chi connectivity index (χ1v) is 12.4. The van der Waals surface area contributed by atoms with Crippen molar-refractivity contribution in [3.05, 3.63) is 83.4 Å². The first-order valence-electron chi connectivity index (χ1n) is 12.4. The number of amides is 2. The highest BCUT2D eigenvalue weighted by Crippen LogP contribution is 2.38. The van der Waals surface area contributed by atoms with E-state index in [1.807, 2.05) is 54.6 Å². The van der Waals surface area contributed by atoms with E-state index in [0.29, 0.717) is 36.4 Å². The molecule has 0 saturated carbocycles. The van der Waals surface area contributed by atoms with Crippen LogP contribution in [0.25, 0.3) is 11.1 Å². The van der Waals surface area contributed by atoms with E-state index in [-0.39, 0.29) is 23.8 Å². The molecule has 7 heteroatoms. The van der Waals surface area contributed by atoms with Crippen molar-refractivity contribution in [1.82, 2.24) is 4.90 Å². The molecule has 2 aliphatic heterocycles. The first kappa shape index (κ1) is 22.5. The van der Waals surface area contributed by atoms with Crippen molar-refractivity contribution in [2.24, 2.45) is 0 Å². The number of hydrogen-bond donors (Lipinski definition) is 1. The number of carbonyl (C=O) groups excluding carboxylic acids is 3. The topological polar surface area (TPSA) is 79.0 Å². The van der Waals surface area contributed by atoms with Gasteiger partial charge in [-0.25, -0.2) is 4.79 Å². The lowest BCUT2D eigenvalue weighted by Crippen LogP contribution is -2.49. The summed E-state index contributed by atoms with van der Waals surface area (Å²) in [4.78, 5) is 41.8. The molecule has 3 aliphatic rings. The van der Waals surface area contributed by atoms with Gasteiger partial charge in [0.15, 0.2) is 5.78 Å². The van der Waals surface area contributed by atoms with Gasteiger partial charge in [0.05, 0.1) is 5.69 Å². The zero-order valence-electron chi connectivity index (χ0n) is 19.9. The van der Waals surface area contributed by atoms with Gasteiger partial charge in [-0.1, -0.05) is 42.5 Å². The van der Waals surface area contributed by atoms with Crippen LogP contribution in [0.5, 0.6) is 0 Å². The van der Waals surface area contributed by atoms with Crippen molar-refractivity contribution in [3.63, 3.8) is 0 Å². The highest BCUT2D eigenvalue weighted by molar-refractivity contribution is 6.22. The predicted molar refractivity (Wildman–Crippen MR) is 137 cm³/mol. The Morgan fingerprint density at radius 2 is 1.61 bits per heavy atom. The maximum Gasteiger partial charge on any atom is 0.414 e. The van der Waals surface area contributed by atoms with E-state index in [1.165, 1.54) is 0 Å². The molecule has 0 bridgehead atoms. The second-order valence-corrected chi connectivity index (χ2v) is 9.56. The van der Waals surface area contributed by atoms with Crippen LogP contribution in [0.2, 0.25) is 0 Å². The Morgan fingerprint density at radius 1 is 0.889 bits per heavy atom. The average Bonchev–Trinajstić information content (AvgIpc) is 3.19. The quantitative estimate of drug-likeness (QED) is 0.441. The van der Waals surface area contributed by atoms with E-state index in [1.54, 1.807) is 17.0 Å². The lowest BCUT2D eigenvalue weighted by molar-refractivity contribution is -0.116. The molecular weight excluding hydrogens is 454 g/mol. The van der Waals surface area contributed by atoms with Gasteiger partial charge in [0.2, 0.25) is 5.91 Å². The minimum atomic E-state index is -0.273. The number of ketones is 1. The summed E-state index contributed by atoms with van der Waals surface area (Å²) in [6.07, 6.45) is 1.78. The van der Waals surface area contributed by atoms with Crippen LogP contribution in [-0.2, 0) is 16.1 Å². The minimum absolute atomic E-state index is 0.0307. The normalized spacial score (nSPS) is 17.3. The van der Waals surface area contributed by atoms with Gasteiger partial charge in [-0.2, -0.15) is 0 Å². The van der Waals surface area contributed by atoms with Gasteiger partial charge in [0.25, 0.3) is 0 Å². The number of rotatable bonds is 5. The van der Waals surface area contributed by atoms with Crippen LogP contribution >= 0.6 is 0 Å². The molecule has 0 atom stereocenters. The van der Waals surface area contributed by atoms with Gasteiger partial charge in [-0.15, -0.1) is 0 Å². The lowest BCUT2D eigenvalue weighted by atomic mass is 10.0. The molecule has 1 saturated heterocycles. The van der Waals surface area contributed by atoms with Gasteiger partial charge in [-0.3, -0.25) is 14.5 Å². The fourth-order valence-electron chi connectivity index (χ4n) is 5.51. The van der Waals surface area contributed by atoms with E-state index in [4.69, 9.17) is 4.74 Å². The average molecular weight is 482 g/mol. The second-order valence-electron chi connectivity index (χ2n) is 9.56. The van der Waals surface area contributed by atoms with Gasteiger partial charge < -0.3 is 15.0 Å². The number of benzene rings is 3. The minimum Gasteiger partial charge on any atom is -0.444 e. The molecule has 0 spiro atoms. The lowest BCUT2D eigenvalue weighted by Gasteiger charge is -2.40. The third-order valence-corrected chi connectivity index (χ3v) is 7.39. The first-order chi connectivity index (χ1) is 17.6. The standard InChI is InChI=1S/C29H27N3O4/c33-27(30-20-9-10-24-25(17-20)22-6-2-3-7-23(22)28(24)34)13-16-31-14-11-21(12-15-31)32-26-8-4-1-5-19(26)18-36-29(32)35/h1-10,17,21H,11-16,18H2,(H,30,33). The van der Waals surface area contributed by atoms with Crippen molar-refractivity contribution in [3.8, 4) is 11.1 Å². The summed E-state index contributed by atoms with van der Waals surface area (Å²) in [5.41, 5.74) is 5.85. The number of anilines is 2. The molecule has 182 valence electrons. The summed E-state index contributed by atoms with van der Waals surface area (Å²) >= 11 is 0. The van der Waals surface area contributed by atoms with Crippen LogP contribution in [0.3, 0.4) is 0 Å². The summed E-state index contributed by atoms with van der Waals surface area (Å²) in [5.74, 6) is -0.0219. The van der Waals surface area contributed by atoms with Crippen LogP contribution < -0.4 is 10.2 Å². The smallest absolute Gasteiger partial charge is 0.414 e. The largest absolute Gasteiger partial charge is 0.444 e. The number of para-hydroxylation sites is 1. The monoisotopic (exact) mass is 481 g/mol. The molecule has 36 heavy (non-hydrogen) atoms. The molecule has 0 radical (unpaired) electrons. The Morgan fingerprint density at radius 3 is 2.44 bits per heavy atom. The molecule has 0 aromatic heterocycles. The number of likely N-dealkylation sites (tertiary alicyclic amines) is 1. The predicted octanol–water partition coefficient (Wildman–Crippen LogP) is 4.85. The number of nitrogens with zero attached hydrogens (tertiary/aromatic N) is 2. The van der Waals surface area contributed by atoms with Crippen molar-refractivity contribution in [2.75, 3.05) is 29.9 Å². The van der Waals surface area contributed by atoms with E-state index >= 15 is 0 Å². The third-order valence-electron chi connectivity index (χ3n) is 7.39. The Hall–Kier alpha value is -3.97. The molecular formula is C29H27N3O4. The molecule has 0 unspecified atom stereocenters. The van der Waals surface area contributed by atoms with Crippen molar-refractivity contribution < 1.29 is 19.1 Å². The van der Waals surface area contributed by atoms with E-state index in [2.05, 4.69) is 10.2 Å². The molecule has 2 amide bonds. The van der Waals surface area contributed by atoms with Gasteiger partial charge in [0.1, 0.15) is 6.61 Å². The van der Waals surface area contributed by atoms with Gasteiger partial charge in [-0.05, 0) is 48.2 Å². The highest BCUT2D eigenvalue weighted by Gasteiger charge is 2.34. The zero-order valence-corrected chi connectivity index (χ0v) is 19.9. The zero-order chi connectivity index (χ0) is 24.6. The summed E-state index contributed by atoms with van der Waals surface area (Å²) in [6.45, 7) is 2.63. The van der Waals surface area contributed by atoms with Crippen molar-refractivity contribution in [2.45, 2.75) is 31.9 Å². The molecule has 1 N–H and O–H groups in total. The molecule has 7 nitrogen and oxygen atoms in total. The van der Waals surface area contributed by atoms with Crippen LogP contribution in [0.1, 0.15) is 40.7 Å². The molecule has 1 aliphatic carbocycles. The molecule has 3 aromatic carbocycles. The summed E-state index contributed by atoms with van der Waals surface area (Å²) < 4.78 is 5.39. The second kappa shape index (κ2) is 9.24. The highest BCUT2D eigenvalue weighted by atomic mass is 16.6. The van der Waals surface area contributed by atoms with Crippen LogP contribution in [-0.4, -0.2) is 48.4 Å². The van der Waals surface area contributed by atoms with Crippen LogP contribution in [0, 0.1) is 0 Å². The summed E-state index contributed by atoms with van der Waals surface area (Å²) in [7, 11) is 0. The Bertz CT molecular complexity index is 1360. The Balaban J connectivity index is 1.03. The maximum absolute atomic E-state index is 12.7. The third kappa shape index (κ3) is 4.05. The number of fused-ring (bicyclic) bond motifs is 4. The van der Waals surface area contributed by atoms with Crippen molar-refractivity contribution in [1.29, 1.82) is 0 Å². The fraction of sp³-hybridized carbons (Fsp3) is 0.276. The summed E-state index contributed by atoms with van der Waals surface area (Å²) in [6, 6.07) is 21.0. The fourth-order valence-corrected chi connectivity index (χ4v) is 5.51. The number of carbonyl (C=O) groups is 3. The molecule has 6 rings (SSSR count). The van der Waals surface area contributed by atoms with Gasteiger partial charge in [0, 0.05) is 54.5 Å². The van der Waals surface area contributed by atoms with Gasteiger partial charge >= 0.3 is 6.09 Å². The molecule has 2 heterocycles. The molecule has 1 fully saturated rings. The Kier molecular flexibility index (Phi) is 5.77. The SMILES string of the molecule is O=C(CCN1CCC(N2C(=O)OCc3ccccc32)CC1)Nc1ccc2c(c1)-c1ccccc1C2=O. The number of hydrogen-bond acceptors (Lipinski definition) is 5. The number of nitrogens with one attached hydrogen (secondary N) is 1. The number of piperidine rings is 1. The summed E-state index contributed by atoms with van der Waals surface area (Å²) in [5, 5.41) is 2.99. The number of ether oxygens (including phenoxy) is 1. The number of cyclic esters (lactones) is 1. The van der Waals surface area contributed by atoms with E-state index in [0.717, 1.165) is 48.3 Å². The maximum atomic E-state index is 12.7. The van der Waals surface area contributed by atoms with E-state index in [9.17, 15) is 14.4 Å². The van der Waals surface area contributed by atoms with Crippen molar-refractivity contribution >= 4 is 29.2 Å². The Labute approximate surface area is 209 Å². The van der Waals surface area contributed by atoms with E-state index < -0.39 is 0 Å². The van der Waals surface area contributed by atoms with Crippen LogP contribution in [0.4, 0.5) is 16.2 Å². The van der Waals surface area contributed by atoms with Crippen LogP contribution in [0.15, 0.2) is 66.7 Å².